The summed E-state index contributed by atoms with van der Waals surface area (Å²) in [5, 5.41) is 10.6. The molecule has 8 nitrogen and oxygen atoms in total. The summed E-state index contributed by atoms with van der Waals surface area (Å²) >= 11 is 0. The molecule has 1 rings (SSSR count). The maximum absolute atomic E-state index is 12.3. The Morgan fingerprint density at radius 3 is 2.04 bits per heavy atom. The summed E-state index contributed by atoms with van der Waals surface area (Å²) in [6.45, 7) is 11.2. The van der Waals surface area contributed by atoms with Gasteiger partial charge in [0.15, 0.2) is 0 Å². The molecule has 0 saturated heterocycles. The van der Waals surface area contributed by atoms with Crippen LogP contribution in [0.3, 0.4) is 0 Å². The lowest BCUT2D eigenvalue weighted by Gasteiger charge is -2.29. The number of ether oxygens (including phenoxy) is 2. The predicted octanol–water partition coefficient (Wildman–Crippen LogP) is 3.13. The number of nitrogens with zero attached hydrogens (tertiary/aromatic N) is 1. The summed E-state index contributed by atoms with van der Waals surface area (Å²) in [6, 6.07) is 5.34. The highest BCUT2D eigenvalue weighted by Gasteiger charge is 2.40. The van der Waals surface area contributed by atoms with Gasteiger partial charge in [0.2, 0.25) is 0 Å². The van der Waals surface area contributed by atoms with Crippen LogP contribution in [-0.2, 0) is 30.5 Å². The van der Waals surface area contributed by atoms with Crippen molar-refractivity contribution in [2.45, 2.75) is 46.8 Å². The van der Waals surface area contributed by atoms with Gasteiger partial charge in [0.25, 0.3) is 11.5 Å². The molecule has 0 amide bonds. The Bertz CT molecular complexity index is 770. The van der Waals surface area contributed by atoms with E-state index in [9.17, 15) is 24.5 Å². The van der Waals surface area contributed by atoms with Gasteiger partial charge in [-0.15, -0.1) is 0 Å². The van der Waals surface area contributed by atoms with Crippen LogP contribution in [0.5, 0.6) is 0 Å². The van der Waals surface area contributed by atoms with Crippen LogP contribution in [0.1, 0.15) is 40.2 Å². The van der Waals surface area contributed by atoms with Crippen LogP contribution in [0.25, 0.3) is 0 Å². The van der Waals surface area contributed by atoms with Crippen molar-refractivity contribution in [3.05, 3.63) is 52.1 Å². The standard InChI is InChI=1S/C19H23NO7/c1-12(19(5,6)17(23)27-18(2,3)4)15(21)16(22)26-11-13-7-9-14(10-8-13)20(24)25/h7-10H,1,11H2,2-6H3. The molecule has 0 fully saturated rings. The lowest BCUT2D eigenvalue weighted by molar-refractivity contribution is -0.384. The molecule has 0 aliphatic rings. The first-order chi connectivity index (χ1) is 12.3. The van der Waals surface area contributed by atoms with Crippen LogP contribution in [0.4, 0.5) is 5.69 Å². The summed E-state index contributed by atoms with van der Waals surface area (Å²) in [4.78, 5) is 46.6. The predicted molar refractivity (Wildman–Crippen MR) is 96.7 cm³/mol. The fraction of sp³-hybridized carbons (Fsp3) is 0.421. The van der Waals surface area contributed by atoms with Gasteiger partial charge in [0, 0.05) is 17.7 Å². The van der Waals surface area contributed by atoms with E-state index in [0.717, 1.165) is 0 Å². The lowest BCUT2D eigenvalue weighted by atomic mass is 9.82. The molecule has 0 saturated carbocycles. The van der Waals surface area contributed by atoms with Gasteiger partial charge in [0.1, 0.15) is 12.2 Å². The Morgan fingerprint density at radius 2 is 1.59 bits per heavy atom. The van der Waals surface area contributed by atoms with Gasteiger partial charge in [-0.1, -0.05) is 6.58 Å². The van der Waals surface area contributed by atoms with Crippen LogP contribution < -0.4 is 0 Å². The molecule has 0 bridgehead atoms. The molecule has 0 N–H and O–H groups in total. The van der Waals surface area contributed by atoms with E-state index < -0.39 is 33.7 Å². The van der Waals surface area contributed by atoms with Crippen molar-refractivity contribution in [3.63, 3.8) is 0 Å². The summed E-state index contributed by atoms with van der Waals surface area (Å²) in [7, 11) is 0. The number of ketones is 1. The Balaban J connectivity index is 2.74. The first kappa shape index (κ1) is 22.0. The molecule has 0 aromatic heterocycles. The van der Waals surface area contributed by atoms with E-state index >= 15 is 0 Å². The molecule has 1 aromatic carbocycles. The molecular weight excluding hydrogens is 354 g/mol. The third-order valence-electron chi connectivity index (χ3n) is 3.64. The van der Waals surface area contributed by atoms with E-state index in [1.54, 1.807) is 20.8 Å². The molecule has 146 valence electrons. The number of non-ortho nitro benzene ring substituents is 1. The van der Waals surface area contributed by atoms with Gasteiger partial charge >= 0.3 is 11.9 Å². The third-order valence-corrected chi connectivity index (χ3v) is 3.64. The van der Waals surface area contributed by atoms with Gasteiger partial charge in [-0.05, 0) is 52.3 Å². The smallest absolute Gasteiger partial charge is 0.379 e. The SMILES string of the molecule is C=C(C(=O)C(=O)OCc1ccc([N+](=O)[O-])cc1)C(C)(C)C(=O)OC(C)(C)C. The highest BCUT2D eigenvalue weighted by molar-refractivity contribution is 6.41. The van der Waals surface area contributed by atoms with Crippen LogP contribution in [-0.4, -0.2) is 28.2 Å². The van der Waals surface area contributed by atoms with E-state index in [1.807, 2.05) is 0 Å². The lowest BCUT2D eigenvalue weighted by Crippen LogP contribution is -2.38. The quantitative estimate of drug-likeness (QED) is 0.236. The highest BCUT2D eigenvalue weighted by atomic mass is 16.6. The second-order valence-electron chi connectivity index (χ2n) is 7.43. The molecule has 1 aromatic rings. The first-order valence-corrected chi connectivity index (χ1v) is 8.13. The number of hydrogen-bond donors (Lipinski definition) is 0. The van der Waals surface area contributed by atoms with Crippen LogP contribution in [0.15, 0.2) is 36.4 Å². The van der Waals surface area contributed by atoms with E-state index in [1.165, 1.54) is 38.1 Å². The number of carbonyl (C=O) groups is 3. The summed E-state index contributed by atoms with van der Waals surface area (Å²) < 4.78 is 10.2. The Kier molecular flexibility index (Phi) is 6.61. The number of benzene rings is 1. The molecule has 0 aliphatic carbocycles. The highest BCUT2D eigenvalue weighted by Crippen LogP contribution is 2.29. The minimum Gasteiger partial charge on any atom is -0.459 e. The Morgan fingerprint density at radius 1 is 1.07 bits per heavy atom. The normalized spacial score (nSPS) is 11.4. The van der Waals surface area contributed by atoms with Crippen molar-refractivity contribution < 1.29 is 28.8 Å². The fourth-order valence-electron chi connectivity index (χ4n) is 1.86. The van der Waals surface area contributed by atoms with Crippen molar-refractivity contribution >= 4 is 23.4 Å². The number of nitro groups is 1. The van der Waals surface area contributed by atoms with E-state index in [-0.39, 0.29) is 17.9 Å². The molecule has 0 unspecified atom stereocenters. The average molecular weight is 377 g/mol. The molecule has 8 heteroatoms. The van der Waals surface area contributed by atoms with Crippen molar-refractivity contribution in [3.8, 4) is 0 Å². The molecule has 0 heterocycles. The van der Waals surface area contributed by atoms with Crippen LogP contribution in [0, 0.1) is 15.5 Å². The summed E-state index contributed by atoms with van der Waals surface area (Å²) in [6.07, 6.45) is 0. The molecule has 0 spiro atoms. The monoisotopic (exact) mass is 377 g/mol. The summed E-state index contributed by atoms with van der Waals surface area (Å²) in [5.41, 5.74) is -2.04. The molecule has 0 radical (unpaired) electrons. The number of carbonyl (C=O) groups excluding carboxylic acids is 3. The Labute approximate surface area is 157 Å². The maximum atomic E-state index is 12.3. The van der Waals surface area contributed by atoms with Crippen molar-refractivity contribution in [1.29, 1.82) is 0 Å². The first-order valence-electron chi connectivity index (χ1n) is 8.13. The van der Waals surface area contributed by atoms with Crippen molar-refractivity contribution in [2.24, 2.45) is 5.41 Å². The number of Topliss-reactive ketones (excluding diaryl/α,β-unsaturated/α-hetero) is 1. The largest absolute Gasteiger partial charge is 0.459 e. The number of nitro benzene ring substituents is 1. The minimum absolute atomic E-state index is 0.103. The maximum Gasteiger partial charge on any atom is 0.379 e. The zero-order valence-corrected chi connectivity index (χ0v) is 16.0. The van der Waals surface area contributed by atoms with E-state index in [2.05, 4.69) is 6.58 Å². The average Bonchev–Trinajstić information content (AvgIpc) is 2.57. The zero-order chi connectivity index (χ0) is 21.0. The second kappa shape index (κ2) is 8.11. The number of hydrogen-bond acceptors (Lipinski definition) is 7. The van der Waals surface area contributed by atoms with Crippen LogP contribution in [0.2, 0.25) is 0 Å². The van der Waals surface area contributed by atoms with Crippen LogP contribution >= 0.6 is 0 Å². The zero-order valence-electron chi connectivity index (χ0n) is 16.0. The van der Waals surface area contributed by atoms with Gasteiger partial charge in [0.05, 0.1) is 10.3 Å². The molecule has 27 heavy (non-hydrogen) atoms. The molecule has 0 aliphatic heterocycles. The molecule has 0 atom stereocenters. The Hall–Kier alpha value is -3.03. The molecular formula is C19H23NO7. The van der Waals surface area contributed by atoms with Gasteiger partial charge in [-0.2, -0.15) is 0 Å². The number of rotatable bonds is 7. The number of esters is 2. The van der Waals surface area contributed by atoms with E-state index in [4.69, 9.17) is 9.47 Å². The minimum atomic E-state index is -1.41. The van der Waals surface area contributed by atoms with Gasteiger partial charge < -0.3 is 9.47 Å². The van der Waals surface area contributed by atoms with Gasteiger partial charge in [-0.25, -0.2) is 4.79 Å². The summed E-state index contributed by atoms with van der Waals surface area (Å²) in [5.74, 6) is -2.89. The van der Waals surface area contributed by atoms with E-state index in [0.29, 0.717) is 5.56 Å². The van der Waals surface area contributed by atoms with Gasteiger partial charge in [-0.3, -0.25) is 19.7 Å². The topological polar surface area (TPSA) is 113 Å². The van der Waals surface area contributed by atoms with Crippen molar-refractivity contribution in [1.82, 2.24) is 0 Å². The fourth-order valence-corrected chi connectivity index (χ4v) is 1.86. The third kappa shape index (κ3) is 6.02. The second-order valence-corrected chi connectivity index (χ2v) is 7.43. The van der Waals surface area contributed by atoms with Crippen molar-refractivity contribution in [2.75, 3.05) is 0 Å².